The minimum Gasteiger partial charge on any atom is -0.375 e. The topological polar surface area (TPSA) is 55.6 Å². The quantitative estimate of drug-likeness (QED) is 0.821. The molecule has 0 aliphatic carbocycles. The van der Waals surface area contributed by atoms with Gasteiger partial charge in [0.1, 0.15) is 5.69 Å². The number of ether oxygens (including phenoxy) is 1. The van der Waals surface area contributed by atoms with Gasteiger partial charge in [0, 0.05) is 18.7 Å². The molecular formula is C15H15F3N2O3S. The first kappa shape index (κ1) is 17.0. The Morgan fingerprint density at radius 1 is 1.42 bits per heavy atom. The van der Waals surface area contributed by atoms with Crippen molar-refractivity contribution >= 4 is 17.2 Å². The third kappa shape index (κ3) is 3.18. The van der Waals surface area contributed by atoms with E-state index in [1.807, 2.05) is 6.92 Å². The summed E-state index contributed by atoms with van der Waals surface area (Å²) >= 11 is 1.11. The Bertz CT molecular complexity index is 753. The van der Waals surface area contributed by atoms with Gasteiger partial charge < -0.3 is 14.2 Å². The summed E-state index contributed by atoms with van der Waals surface area (Å²) in [7, 11) is 0. The number of aromatic nitrogens is 1. The van der Waals surface area contributed by atoms with Crippen molar-refractivity contribution in [3.05, 3.63) is 28.3 Å². The number of alkyl halides is 3. The van der Waals surface area contributed by atoms with Gasteiger partial charge in [0.05, 0.1) is 22.5 Å². The second kappa shape index (κ2) is 6.21. The van der Waals surface area contributed by atoms with Gasteiger partial charge in [-0.05, 0) is 26.0 Å². The van der Waals surface area contributed by atoms with Crippen molar-refractivity contribution in [2.24, 2.45) is 0 Å². The van der Waals surface area contributed by atoms with Crippen molar-refractivity contribution in [1.29, 1.82) is 0 Å². The van der Waals surface area contributed by atoms with E-state index in [0.717, 1.165) is 11.3 Å². The predicted molar refractivity (Wildman–Crippen MR) is 80.9 cm³/mol. The van der Waals surface area contributed by atoms with Crippen LogP contribution in [-0.4, -0.2) is 41.8 Å². The normalized spacial score (nSPS) is 18.9. The van der Waals surface area contributed by atoms with E-state index in [4.69, 9.17) is 4.74 Å². The van der Waals surface area contributed by atoms with E-state index in [1.54, 1.807) is 17.0 Å². The van der Waals surface area contributed by atoms with Crippen molar-refractivity contribution in [3.63, 3.8) is 0 Å². The van der Waals surface area contributed by atoms with Crippen molar-refractivity contribution in [2.45, 2.75) is 26.1 Å². The molecule has 1 fully saturated rings. The van der Waals surface area contributed by atoms with Crippen LogP contribution in [0.4, 0.5) is 13.2 Å². The molecule has 1 unspecified atom stereocenters. The van der Waals surface area contributed by atoms with Crippen molar-refractivity contribution in [3.8, 4) is 10.6 Å². The molecule has 0 N–H and O–H groups in total. The zero-order valence-corrected chi connectivity index (χ0v) is 13.8. The lowest BCUT2D eigenvalue weighted by Gasteiger charge is -2.30. The predicted octanol–water partition coefficient (Wildman–Crippen LogP) is 3.59. The van der Waals surface area contributed by atoms with E-state index < -0.39 is 11.9 Å². The standard InChI is InChI=1S/C15H15F3N2O3S/c1-8-7-20(5-6-22-8)14(21)11-4-3-10(24-11)12-9(2)13(23-19-12)15(16,17)18/h3-4,8H,5-7H2,1-2H3. The minimum atomic E-state index is -4.59. The van der Waals surface area contributed by atoms with Gasteiger partial charge in [-0.15, -0.1) is 11.3 Å². The third-order valence-corrected chi connectivity index (χ3v) is 4.84. The SMILES string of the molecule is Cc1c(-c2ccc(C(=O)N3CCOC(C)C3)s2)noc1C(F)(F)F. The molecule has 1 aliphatic heterocycles. The largest absolute Gasteiger partial charge is 0.452 e. The van der Waals surface area contributed by atoms with Crippen LogP contribution in [0.15, 0.2) is 16.7 Å². The summed E-state index contributed by atoms with van der Waals surface area (Å²) in [6, 6.07) is 3.19. The van der Waals surface area contributed by atoms with Crippen molar-refractivity contribution in [2.75, 3.05) is 19.7 Å². The first-order valence-electron chi connectivity index (χ1n) is 7.32. The molecule has 130 valence electrons. The molecule has 3 heterocycles. The van der Waals surface area contributed by atoms with Gasteiger partial charge in [-0.2, -0.15) is 13.2 Å². The number of morpholine rings is 1. The van der Waals surface area contributed by atoms with E-state index in [0.29, 0.717) is 29.5 Å². The molecule has 9 heteroatoms. The van der Waals surface area contributed by atoms with Gasteiger partial charge >= 0.3 is 6.18 Å². The van der Waals surface area contributed by atoms with Gasteiger partial charge in [0.15, 0.2) is 0 Å². The van der Waals surface area contributed by atoms with Crippen molar-refractivity contribution in [1.82, 2.24) is 10.1 Å². The lowest BCUT2D eigenvalue weighted by molar-refractivity contribution is -0.156. The van der Waals surface area contributed by atoms with Gasteiger partial charge in [0.2, 0.25) is 5.76 Å². The Hall–Kier alpha value is -1.87. The summed E-state index contributed by atoms with van der Waals surface area (Å²) in [5, 5.41) is 3.52. The van der Waals surface area contributed by atoms with Crippen LogP contribution in [-0.2, 0) is 10.9 Å². The van der Waals surface area contributed by atoms with Crippen LogP contribution in [0, 0.1) is 6.92 Å². The monoisotopic (exact) mass is 360 g/mol. The Morgan fingerprint density at radius 2 is 2.17 bits per heavy atom. The number of carbonyl (C=O) groups is 1. The van der Waals surface area contributed by atoms with Gasteiger partial charge in [-0.25, -0.2) is 0 Å². The molecule has 0 saturated carbocycles. The van der Waals surface area contributed by atoms with Crippen LogP contribution in [0.3, 0.4) is 0 Å². The van der Waals surface area contributed by atoms with Gasteiger partial charge in [-0.1, -0.05) is 5.16 Å². The van der Waals surface area contributed by atoms with Crippen LogP contribution in [0.1, 0.15) is 27.9 Å². The summed E-state index contributed by atoms with van der Waals surface area (Å²) < 4.78 is 48.2. The molecule has 3 rings (SSSR count). The number of amides is 1. The molecule has 0 aromatic carbocycles. The average Bonchev–Trinajstić information content (AvgIpc) is 3.12. The highest BCUT2D eigenvalue weighted by Crippen LogP contribution is 2.38. The Balaban J connectivity index is 1.83. The number of carbonyl (C=O) groups excluding carboxylic acids is 1. The van der Waals surface area contributed by atoms with E-state index in [1.165, 1.54) is 6.92 Å². The summed E-state index contributed by atoms with van der Waals surface area (Å²) in [5.74, 6) is -1.26. The van der Waals surface area contributed by atoms with E-state index in [-0.39, 0.29) is 23.3 Å². The van der Waals surface area contributed by atoms with E-state index in [9.17, 15) is 18.0 Å². The zero-order chi connectivity index (χ0) is 17.5. The van der Waals surface area contributed by atoms with Crippen molar-refractivity contribution < 1.29 is 27.2 Å². The second-order valence-electron chi connectivity index (χ2n) is 5.58. The summed E-state index contributed by atoms with van der Waals surface area (Å²) in [6.45, 7) is 4.66. The lowest BCUT2D eigenvalue weighted by Crippen LogP contribution is -2.44. The smallest absolute Gasteiger partial charge is 0.375 e. The molecule has 2 aromatic heterocycles. The zero-order valence-electron chi connectivity index (χ0n) is 13.0. The van der Waals surface area contributed by atoms with E-state index >= 15 is 0 Å². The molecule has 2 aromatic rings. The maximum absolute atomic E-state index is 12.8. The summed E-state index contributed by atoms with van der Waals surface area (Å²) in [5.41, 5.74) is 0.0325. The molecule has 1 amide bonds. The van der Waals surface area contributed by atoms with Crippen LogP contribution < -0.4 is 0 Å². The molecule has 24 heavy (non-hydrogen) atoms. The minimum absolute atomic E-state index is 0.0331. The Morgan fingerprint density at radius 3 is 2.79 bits per heavy atom. The molecular weight excluding hydrogens is 345 g/mol. The van der Waals surface area contributed by atoms with Gasteiger partial charge in [0.25, 0.3) is 5.91 Å². The summed E-state index contributed by atoms with van der Waals surface area (Å²) in [6.07, 6.45) is -4.62. The van der Waals surface area contributed by atoms with Crippen LogP contribution in [0.2, 0.25) is 0 Å². The third-order valence-electron chi connectivity index (χ3n) is 3.76. The highest BCUT2D eigenvalue weighted by molar-refractivity contribution is 7.17. The van der Waals surface area contributed by atoms with E-state index in [2.05, 4.69) is 9.68 Å². The molecule has 1 saturated heterocycles. The molecule has 0 bridgehead atoms. The fraction of sp³-hybridized carbons (Fsp3) is 0.467. The number of nitrogens with zero attached hydrogens (tertiary/aromatic N) is 2. The number of rotatable bonds is 2. The fourth-order valence-electron chi connectivity index (χ4n) is 2.57. The second-order valence-corrected chi connectivity index (χ2v) is 6.66. The maximum atomic E-state index is 12.8. The Labute approximate surface area is 140 Å². The van der Waals surface area contributed by atoms with Crippen LogP contribution >= 0.6 is 11.3 Å². The maximum Gasteiger partial charge on any atom is 0.452 e. The number of hydrogen-bond donors (Lipinski definition) is 0. The van der Waals surface area contributed by atoms with Crippen LogP contribution in [0.5, 0.6) is 0 Å². The first-order valence-corrected chi connectivity index (χ1v) is 8.13. The molecule has 1 aliphatic rings. The first-order chi connectivity index (χ1) is 11.3. The number of hydrogen-bond acceptors (Lipinski definition) is 5. The van der Waals surface area contributed by atoms with Crippen LogP contribution in [0.25, 0.3) is 10.6 Å². The molecule has 0 spiro atoms. The Kier molecular flexibility index (Phi) is 4.39. The highest BCUT2D eigenvalue weighted by atomic mass is 32.1. The lowest BCUT2D eigenvalue weighted by atomic mass is 10.2. The molecule has 5 nitrogen and oxygen atoms in total. The number of halogens is 3. The highest BCUT2D eigenvalue weighted by Gasteiger charge is 2.39. The number of thiophene rings is 1. The molecule has 1 atom stereocenters. The fourth-order valence-corrected chi connectivity index (χ4v) is 3.58. The average molecular weight is 360 g/mol. The van der Waals surface area contributed by atoms with Gasteiger partial charge in [-0.3, -0.25) is 4.79 Å². The molecule has 0 radical (unpaired) electrons. The summed E-state index contributed by atoms with van der Waals surface area (Å²) in [4.78, 5) is 15.1.